The first kappa shape index (κ1) is 12.4. The highest BCUT2D eigenvalue weighted by Crippen LogP contribution is 2.35. The number of aromatic nitrogens is 1. The van der Waals surface area contributed by atoms with Crippen molar-refractivity contribution >= 4 is 0 Å². The van der Waals surface area contributed by atoms with Crippen LogP contribution in [-0.4, -0.2) is 11.5 Å². The lowest BCUT2D eigenvalue weighted by Crippen LogP contribution is -2.14. The molecule has 19 heavy (non-hydrogen) atoms. The molecule has 0 radical (unpaired) electrons. The molecule has 0 aliphatic heterocycles. The Bertz CT molecular complexity index is 548. The van der Waals surface area contributed by atoms with Crippen LogP contribution in [0.1, 0.15) is 36.3 Å². The summed E-state index contributed by atoms with van der Waals surface area (Å²) in [5, 5.41) is 0. The number of aryl methyl sites for hydroxylation is 1. The van der Waals surface area contributed by atoms with Gasteiger partial charge in [0.25, 0.3) is 0 Å². The van der Waals surface area contributed by atoms with E-state index in [9.17, 15) is 0 Å². The molecule has 1 aliphatic rings. The summed E-state index contributed by atoms with van der Waals surface area (Å²) in [6, 6.07) is 12.9. The summed E-state index contributed by atoms with van der Waals surface area (Å²) < 4.78 is 0. The zero-order valence-electron chi connectivity index (χ0n) is 11.2. The topological polar surface area (TPSA) is 38.9 Å². The molecule has 0 bridgehead atoms. The van der Waals surface area contributed by atoms with Crippen molar-refractivity contribution < 1.29 is 0 Å². The molecule has 1 atom stereocenters. The minimum atomic E-state index is 0.636. The minimum absolute atomic E-state index is 0.636. The fraction of sp³-hybridized carbons (Fsp3) is 0.353. The van der Waals surface area contributed by atoms with Crippen molar-refractivity contribution in [2.24, 2.45) is 5.73 Å². The molecule has 1 heterocycles. The third-order valence-corrected chi connectivity index (χ3v) is 4.06. The van der Waals surface area contributed by atoms with Crippen LogP contribution < -0.4 is 5.73 Å². The van der Waals surface area contributed by atoms with E-state index in [1.807, 2.05) is 18.3 Å². The van der Waals surface area contributed by atoms with Crippen molar-refractivity contribution in [3.8, 4) is 11.3 Å². The van der Waals surface area contributed by atoms with Gasteiger partial charge in [0, 0.05) is 11.8 Å². The van der Waals surface area contributed by atoms with Gasteiger partial charge in [-0.15, -0.1) is 0 Å². The van der Waals surface area contributed by atoms with Crippen LogP contribution in [0.2, 0.25) is 0 Å². The standard InChI is InChI=1S/C17H20N2/c18-10-9-14-5-3-4-13-7-8-15(12-16(13)14)17-6-1-2-11-19-17/h1-2,6-8,11-12,14H,3-5,9-10,18H2. The van der Waals surface area contributed by atoms with Gasteiger partial charge in [0.05, 0.1) is 5.69 Å². The maximum absolute atomic E-state index is 5.75. The van der Waals surface area contributed by atoms with Gasteiger partial charge < -0.3 is 5.73 Å². The molecule has 2 heteroatoms. The summed E-state index contributed by atoms with van der Waals surface area (Å²) in [7, 11) is 0. The lowest BCUT2D eigenvalue weighted by molar-refractivity contribution is 0.526. The fourth-order valence-electron chi connectivity index (χ4n) is 3.09. The lowest BCUT2D eigenvalue weighted by Gasteiger charge is -2.25. The second-order valence-corrected chi connectivity index (χ2v) is 5.30. The number of nitrogens with two attached hydrogens (primary N) is 1. The van der Waals surface area contributed by atoms with E-state index in [1.54, 1.807) is 0 Å². The monoisotopic (exact) mass is 252 g/mol. The van der Waals surface area contributed by atoms with Crippen molar-refractivity contribution in [2.75, 3.05) is 6.54 Å². The van der Waals surface area contributed by atoms with E-state index in [-0.39, 0.29) is 0 Å². The Morgan fingerprint density at radius 2 is 2.16 bits per heavy atom. The van der Waals surface area contributed by atoms with Gasteiger partial charge in [-0.3, -0.25) is 4.98 Å². The Labute approximate surface area is 114 Å². The van der Waals surface area contributed by atoms with Crippen LogP contribution in [0.5, 0.6) is 0 Å². The molecule has 3 rings (SSSR count). The Morgan fingerprint density at radius 1 is 1.21 bits per heavy atom. The summed E-state index contributed by atoms with van der Waals surface area (Å²) in [6.45, 7) is 0.776. The summed E-state index contributed by atoms with van der Waals surface area (Å²) in [6.07, 6.45) is 6.72. The molecule has 1 aromatic carbocycles. The van der Waals surface area contributed by atoms with Crippen LogP contribution in [0.25, 0.3) is 11.3 Å². The second kappa shape index (κ2) is 5.54. The van der Waals surface area contributed by atoms with Gasteiger partial charge >= 0.3 is 0 Å². The van der Waals surface area contributed by atoms with Crippen LogP contribution in [0.15, 0.2) is 42.6 Å². The van der Waals surface area contributed by atoms with Crippen LogP contribution in [0.3, 0.4) is 0 Å². The quantitative estimate of drug-likeness (QED) is 0.907. The Kier molecular flexibility index (Phi) is 3.60. The first-order chi connectivity index (χ1) is 9.38. The number of rotatable bonds is 3. The Balaban J connectivity index is 2.00. The first-order valence-electron chi connectivity index (χ1n) is 7.13. The van der Waals surface area contributed by atoms with Crippen molar-refractivity contribution in [1.29, 1.82) is 0 Å². The van der Waals surface area contributed by atoms with E-state index in [0.29, 0.717) is 5.92 Å². The largest absolute Gasteiger partial charge is 0.330 e. The summed E-state index contributed by atoms with van der Waals surface area (Å²) in [5.74, 6) is 0.636. The predicted octanol–water partition coefficient (Wildman–Crippen LogP) is 3.52. The molecular weight excluding hydrogens is 232 g/mol. The SMILES string of the molecule is NCCC1CCCc2ccc(-c3ccccn3)cc21. The molecule has 0 saturated heterocycles. The van der Waals surface area contributed by atoms with Crippen molar-refractivity contribution in [3.05, 3.63) is 53.7 Å². The van der Waals surface area contributed by atoms with E-state index >= 15 is 0 Å². The van der Waals surface area contributed by atoms with Gasteiger partial charge in [0.2, 0.25) is 0 Å². The summed E-state index contributed by atoms with van der Waals surface area (Å²) in [4.78, 5) is 4.44. The lowest BCUT2D eigenvalue weighted by atomic mass is 9.80. The number of pyridine rings is 1. The highest BCUT2D eigenvalue weighted by Gasteiger charge is 2.20. The summed E-state index contributed by atoms with van der Waals surface area (Å²) >= 11 is 0. The van der Waals surface area contributed by atoms with E-state index in [1.165, 1.54) is 36.0 Å². The highest BCUT2D eigenvalue weighted by molar-refractivity contribution is 5.61. The van der Waals surface area contributed by atoms with Crippen molar-refractivity contribution in [1.82, 2.24) is 4.98 Å². The number of fused-ring (bicyclic) bond motifs is 1. The average molecular weight is 252 g/mol. The molecule has 0 fully saturated rings. The first-order valence-corrected chi connectivity index (χ1v) is 7.13. The predicted molar refractivity (Wildman–Crippen MR) is 79.0 cm³/mol. The third-order valence-electron chi connectivity index (χ3n) is 4.06. The Hall–Kier alpha value is -1.67. The second-order valence-electron chi connectivity index (χ2n) is 5.30. The van der Waals surface area contributed by atoms with Crippen LogP contribution >= 0.6 is 0 Å². The summed E-state index contributed by atoms with van der Waals surface area (Å²) in [5.41, 5.74) is 11.0. The zero-order valence-corrected chi connectivity index (χ0v) is 11.2. The molecule has 2 aromatic rings. The van der Waals surface area contributed by atoms with Gasteiger partial charge in [0.1, 0.15) is 0 Å². The van der Waals surface area contributed by atoms with E-state index < -0.39 is 0 Å². The van der Waals surface area contributed by atoms with Gasteiger partial charge in [-0.1, -0.05) is 18.2 Å². The minimum Gasteiger partial charge on any atom is -0.330 e. The van der Waals surface area contributed by atoms with E-state index in [0.717, 1.165) is 18.7 Å². The molecule has 2 N–H and O–H groups in total. The molecule has 0 spiro atoms. The van der Waals surface area contributed by atoms with Crippen molar-refractivity contribution in [2.45, 2.75) is 31.6 Å². The normalized spacial score (nSPS) is 18.1. The molecule has 1 aliphatic carbocycles. The fourth-order valence-corrected chi connectivity index (χ4v) is 3.09. The van der Waals surface area contributed by atoms with E-state index in [4.69, 9.17) is 5.73 Å². The highest BCUT2D eigenvalue weighted by atomic mass is 14.7. The zero-order chi connectivity index (χ0) is 13.1. The molecule has 0 amide bonds. The molecular formula is C17H20N2. The Morgan fingerprint density at radius 3 is 2.95 bits per heavy atom. The number of hydrogen-bond acceptors (Lipinski definition) is 2. The van der Waals surface area contributed by atoms with Gasteiger partial charge in [-0.25, -0.2) is 0 Å². The third kappa shape index (κ3) is 2.54. The number of benzene rings is 1. The van der Waals surface area contributed by atoms with Crippen LogP contribution in [-0.2, 0) is 6.42 Å². The number of hydrogen-bond donors (Lipinski definition) is 1. The molecule has 1 aromatic heterocycles. The molecule has 2 nitrogen and oxygen atoms in total. The molecule has 98 valence electrons. The van der Waals surface area contributed by atoms with Crippen LogP contribution in [0.4, 0.5) is 0 Å². The van der Waals surface area contributed by atoms with Crippen molar-refractivity contribution in [3.63, 3.8) is 0 Å². The smallest absolute Gasteiger partial charge is 0.0702 e. The number of nitrogens with zero attached hydrogens (tertiary/aromatic N) is 1. The maximum atomic E-state index is 5.75. The molecule has 1 unspecified atom stereocenters. The van der Waals surface area contributed by atoms with Gasteiger partial charge in [-0.05, 0) is 67.5 Å². The van der Waals surface area contributed by atoms with Gasteiger partial charge in [-0.2, -0.15) is 0 Å². The van der Waals surface area contributed by atoms with Crippen LogP contribution in [0, 0.1) is 0 Å². The van der Waals surface area contributed by atoms with E-state index in [2.05, 4.69) is 29.2 Å². The average Bonchev–Trinajstić information content (AvgIpc) is 2.48. The molecule has 0 saturated carbocycles. The van der Waals surface area contributed by atoms with Gasteiger partial charge in [0.15, 0.2) is 0 Å². The maximum Gasteiger partial charge on any atom is 0.0702 e.